The van der Waals surface area contributed by atoms with Gasteiger partial charge in [-0.3, -0.25) is 0 Å². The summed E-state index contributed by atoms with van der Waals surface area (Å²) in [5, 5.41) is 8.89. The lowest BCUT2D eigenvalue weighted by molar-refractivity contribution is -0.140. The smallest absolute Gasteiger partial charge is 0.248 e. The van der Waals surface area contributed by atoms with Crippen LogP contribution in [0.3, 0.4) is 0 Å². The molecule has 0 aliphatic rings. The molecule has 0 bridgehead atoms. The molecule has 0 unspecified atom stereocenters. The Morgan fingerprint density at radius 3 is 1.75 bits per heavy atom. The normalized spacial score (nSPS) is 6.25. The van der Waals surface area contributed by atoms with Gasteiger partial charge in [-0.2, -0.15) is 0 Å². The minimum Gasteiger partial charge on any atom is -0.248 e. The number of hydrogen-bond donors (Lipinski definition) is 0. The van der Waals surface area contributed by atoms with E-state index < -0.39 is 5.97 Å². The number of carbonyl (C=O) groups is 1. The summed E-state index contributed by atoms with van der Waals surface area (Å²) in [5.74, 6) is -1.08. The number of carbonyl (C=O) groups excluding carboxylic acids is 1. The summed E-state index contributed by atoms with van der Waals surface area (Å²) < 4.78 is 0. The molecule has 0 aromatic rings. The molecule has 0 saturated carbocycles. The van der Waals surface area contributed by atoms with Gasteiger partial charge in [0.25, 0.3) is 0 Å². The van der Waals surface area contributed by atoms with Gasteiger partial charge < -0.3 is 0 Å². The fourth-order valence-corrected chi connectivity index (χ4v) is 0. The lowest BCUT2D eigenvalue weighted by atomic mass is 10.9. The zero-order valence-electron chi connectivity index (χ0n) is 2.32. The molecule has 2 heteroatoms. The van der Waals surface area contributed by atoms with E-state index >= 15 is 0 Å². The predicted molar refractivity (Wildman–Crippen MR) is 11.4 cm³/mol. The molecule has 0 amide bonds. The lowest BCUT2D eigenvalue weighted by Gasteiger charge is -1.50. The van der Waals surface area contributed by atoms with Crippen LogP contribution in [0.25, 0.3) is 0 Å². The molecule has 0 fully saturated rings. The van der Waals surface area contributed by atoms with E-state index in [1.54, 1.807) is 0 Å². The van der Waals surface area contributed by atoms with Crippen LogP contribution in [0.1, 0.15) is 6.92 Å². The van der Waals surface area contributed by atoms with Gasteiger partial charge in [0.1, 0.15) is 0 Å². The predicted octanol–water partition coefficient (Wildman–Crippen LogP) is -0.0366. The molecule has 23 valence electrons. The number of hydrogen-bond acceptors (Lipinski definition) is 1. The molecule has 0 rings (SSSR count). The molecule has 0 aliphatic heterocycles. The fraction of sp³-hybridized carbons (Fsp3) is 0.500. The van der Waals surface area contributed by atoms with Crippen molar-refractivity contribution in [1.82, 2.24) is 0 Å². The van der Waals surface area contributed by atoms with Crippen LogP contribution in [0.15, 0.2) is 0 Å². The van der Waals surface area contributed by atoms with Gasteiger partial charge in [0.15, 0.2) is 0 Å². The van der Waals surface area contributed by atoms with Gasteiger partial charge in [-0.05, 0) is 0 Å². The monoisotopic (exact) mass is 59.0 g/mol. The summed E-state index contributed by atoms with van der Waals surface area (Å²) in [4.78, 5) is 8.89. The average Bonchev–Trinajstić information content (AvgIpc) is 0.811. The van der Waals surface area contributed by atoms with Gasteiger partial charge in [-0.1, -0.05) is 0 Å². The average molecular weight is 59.0 g/mol. The first-order valence-electron chi connectivity index (χ1n) is 0.908. The second-order valence-electron chi connectivity index (χ2n) is 0.492. The lowest BCUT2D eigenvalue weighted by Crippen LogP contribution is -1.74. The molecule has 0 saturated heterocycles. The van der Waals surface area contributed by atoms with E-state index in [1.807, 2.05) is 0 Å². The maximum absolute atomic E-state index is 8.89. The first-order valence-corrected chi connectivity index (χ1v) is 0.908. The van der Waals surface area contributed by atoms with E-state index in [9.17, 15) is 0 Å². The van der Waals surface area contributed by atoms with Crippen LogP contribution in [0.5, 0.6) is 0 Å². The Morgan fingerprint density at radius 1 is 1.75 bits per heavy atom. The molecule has 0 spiro atoms. The Kier molecular flexibility index (Phi) is 0.759. The molecular weight excluding hydrogens is 56.0 g/mol. The molecule has 0 aliphatic carbocycles. The third kappa shape index (κ3) is 1.16. The fourth-order valence-electron chi connectivity index (χ4n) is 0. The molecule has 2 nitrogen and oxygen atoms in total. The van der Waals surface area contributed by atoms with E-state index in [-0.39, 0.29) is 0 Å². The summed E-state index contributed by atoms with van der Waals surface area (Å²) in [6, 6.07) is 0. The SMILES string of the molecule is CC([O])=O. The van der Waals surface area contributed by atoms with Crippen molar-refractivity contribution >= 4 is 5.97 Å². The van der Waals surface area contributed by atoms with Crippen molar-refractivity contribution < 1.29 is 9.90 Å². The van der Waals surface area contributed by atoms with Crippen molar-refractivity contribution in [2.45, 2.75) is 6.92 Å². The largest absolute Gasteiger partial charge is 0.352 e. The van der Waals surface area contributed by atoms with Crippen LogP contribution in [-0.4, -0.2) is 5.97 Å². The Labute approximate surface area is 24.1 Å². The highest BCUT2D eigenvalue weighted by molar-refractivity contribution is 5.62. The van der Waals surface area contributed by atoms with E-state index in [2.05, 4.69) is 0 Å². The van der Waals surface area contributed by atoms with Crippen molar-refractivity contribution in [2.75, 3.05) is 0 Å². The summed E-state index contributed by atoms with van der Waals surface area (Å²) in [6.45, 7) is 0.972. The van der Waals surface area contributed by atoms with Gasteiger partial charge >= 0.3 is 5.97 Å². The van der Waals surface area contributed by atoms with Crippen LogP contribution in [0.4, 0.5) is 0 Å². The van der Waals surface area contributed by atoms with Crippen LogP contribution in [-0.2, 0) is 9.90 Å². The van der Waals surface area contributed by atoms with Crippen LogP contribution >= 0.6 is 0 Å². The van der Waals surface area contributed by atoms with E-state index in [1.165, 1.54) is 0 Å². The minimum atomic E-state index is -1.08. The molecule has 0 aromatic heterocycles. The summed E-state index contributed by atoms with van der Waals surface area (Å²) in [7, 11) is 0. The quantitative estimate of drug-likeness (QED) is 0.386. The Balaban J connectivity index is 2.80. The van der Waals surface area contributed by atoms with Gasteiger partial charge in [-0.25, -0.2) is 9.90 Å². The number of rotatable bonds is 0. The highest BCUT2D eigenvalue weighted by atomic mass is 16.4. The third-order valence-electron chi connectivity index (χ3n) is 0. The molecular formula is C2H3O2. The first kappa shape index (κ1) is 3.47. The topological polar surface area (TPSA) is 37.0 Å². The van der Waals surface area contributed by atoms with Crippen molar-refractivity contribution in [3.05, 3.63) is 0 Å². The molecule has 0 atom stereocenters. The van der Waals surface area contributed by atoms with Crippen molar-refractivity contribution in [3.8, 4) is 0 Å². The summed E-state index contributed by atoms with van der Waals surface area (Å²) >= 11 is 0. The van der Waals surface area contributed by atoms with Crippen LogP contribution < -0.4 is 0 Å². The van der Waals surface area contributed by atoms with Crippen LogP contribution in [0.2, 0.25) is 0 Å². The van der Waals surface area contributed by atoms with Crippen molar-refractivity contribution in [1.29, 1.82) is 0 Å². The van der Waals surface area contributed by atoms with Gasteiger partial charge in [-0.15, -0.1) is 0 Å². The zero-order chi connectivity index (χ0) is 3.58. The standard InChI is InChI=1S/C2H3O2/c1-2(3)4/h1H3. The van der Waals surface area contributed by atoms with E-state index in [0.29, 0.717) is 0 Å². The Bertz CT molecular complexity index is 27.0. The van der Waals surface area contributed by atoms with Gasteiger partial charge in [0.05, 0.1) is 0 Å². The summed E-state index contributed by atoms with van der Waals surface area (Å²) in [6.07, 6.45) is 0. The Hall–Kier alpha value is -0.530. The van der Waals surface area contributed by atoms with E-state index in [4.69, 9.17) is 9.90 Å². The highest BCUT2D eigenvalue weighted by Gasteiger charge is 1.71. The molecule has 4 heavy (non-hydrogen) atoms. The third-order valence-corrected chi connectivity index (χ3v) is 0. The second-order valence-corrected chi connectivity index (χ2v) is 0.492. The van der Waals surface area contributed by atoms with Gasteiger partial charge in [0, 0.05) is 6.92 Å². The van der Waals surface area contributed by atoms with Gasteiger partial charge in [0.2, 0.25) is 0 Å². The Morgan fingerprint density at radius 2 is 1.75 bits per heavy atom. The molecule has 1 radical (unpaired) electrons. The summed E-state index contributed by atoms with van der Waals surface area (Å²) in [5.41, 5.74) is 0. The zero-order valence-corrected chi connectivity index (χ0v) is 2.32. The maximum atomic E-state index is 8.89. The highest BCUT2D eigenvalue weighted by Crippen LogP contribution is 1.45. The van der Waals surface area contributed by atoms with Crippen molar-refractivity contribution in [2.24, 2.45) is 0 Å². The second kappa shape index (κ2) is 0.875. The van der Waals surface area contributed by atoms with Crippen LogP contribution in [0, 0.1) is 0 Å². The maximum Gasteiger partial charge on any atom is 0.352 e. The molecule has 0 aromatic carbocycles. The van der Waals surface area contributed by atoms with Crippen molar-refractivity contribution in [3.63, 3.8) is 0 Å². The first-order chi connectivity index (χ1) is 1.73. The minimum absolute atomic E-state index is 0.972. The molecule has 0 heterocycles. The van der Waals surface area contributed by atoms with E-state index in [0.717, 1.165) is 6.92 Å². The molecule has 0 N–H and O–H groups in total.